The average molecular weight is 335 g/mol. The van der Waals surface area contributed by atoms with E-state index in [0.717, 1.165) is 12.0 Å². The Morgan fingerprint density at radius 2 is 1.96 bits per heavy atom. The molecule has 3 rings (SSSR count). The van der Waals surface area contributed by atoms with Gasteiger partial charge < -0.3 is 4.90 Å². The van der Waals surface area contributed by atoms with Gasteiger partial charge in [-0.1, -0.05) is 31.2 Å². The van der Waals surface area contributed by atoms with Crippen molar-refractivity contribution >= 4 is 17.8 Å². The fraction of sp³-hybridized carbons (Fsp3) is 0.333. The molecule has 1 atom stereocenters. The molecule has 1 N–H and O–H groups in total. The largest absolute Gasteiger partial charge is 0.369 e. The van der Waals surface area contributed by atoms with Gasteiger partial charge in [0, 0.05) is 23.8 Å². The first-order valence-electron chi connectivity index (χ1n) is 8.65. The van der Waals surface area contributed by atoms with Crippen LogP contribution in [0.5, 0.6) is 0 Å². The molecule has 0 aromatic heterocycles. The number of anilines is 1. The van der Waals surface area contributed by atoms with Crippen LogP contribution in [-0.4, -0.2) is 24.7 Å². The van der Waals surface area contributed by atoms with Crippen molar-refractivity contribution in [2.45, 2.75) is 38.6 Å². The molecule has 1 aliphatic heterocycles. The van der Waals surface area contributed by atoms with Crippen molar-refractivity contribution in [3.8, 4) is 0 Å². The van der Waals surface area contributed by atoms with Crippen LogP contribution < -0.4 is 10.3 Å². The number of rotatable bonds is 3. The van der Waals surface area contributed by atoms with Crippen molar-refractivity contribution in [2.24, 2.45) is 5.10 Å². The zero-order valence-electron chi connectivity index (χ0n) is 15.3. The van der Waals surface area contributed by atoms with Crippen molar-refractivity contribution < 1.29 is 4.79 Å². The van der Waals surface area contributed by atoms with Crippen LogP contribution >= 0.6 is 0 Å². The van der Waals surface area contributed by atoms with Gasteiger partial charge in [-0.15, -0.1) is 0 Å². The number of fused-ring (bicyclic) bond motifs is 1. The summed E-state index contributed by atoms with van der Waals surface area (Å²) >= 11 is 0. The van der Waals surface area contributed by atoms with Gasteiger partial charge in [0.2, 0.25) is 0 Å². The zero-order valence-corrected chi connectivity index (χ0v) is 15.3. The van der Waals surface area contributed by atoms with Crippen LogP contribution in [0.1, 0.15) is 54.6 Å². The average Bonchev–Trinajstić information content (AvgIpc) is 2.60. The summed E-state index contributed by atoms with van der Waals surface area (Å²) in [7, 11) is 2.15. The van der Waals surface area contributed by atoms with E-state index in [0.29, 0.717) is 11.5 Å². The molecule has 25 heavy (non-hydrogen) atoms. The molecule has 0 aliphatic carbocycles. The minimum atomic E-state index is -0.204. The molecule has 4 heteroatoms. The summed E-state index contributed by atoms with van der Waals surface area (Å²) in [5.74, 6) is 0.290. The van der Waals surface area contributed by atoms with Crippen LogP contribution in [0.2, 0.25) is 0 Å². The highest BCUT2D eigenvalue weighted by Crippen LogP contribution is 2.42. The Morgan fingerprint density at radius 3 is 2.68 bits per heavy atom. The Balaban J connectivity index is 1.75. The first kappa shape index (κ1) is 17.2. The normalized spacial score (nSPS) is 18.9. The lowest BCUT2D eigenvalue weighted by Crippen LogP contribution is -2.45. The molecule has 1 aliphatic rings. The number of nitrogens with one attached hydrogen (secondary N) is 1. The second-order valence-corrected chi connectivity index (χ2v) is 7.36. The second kappa shape index (κ2) is 6.71. The molecule has 0 saturated carbocycles. The van der Waals surface area contributed by atoms with Crippen molar-refractivity contribution in [1.29, 1.82) is 0 Å². The Hall–Kier alpha value is -2.62. The molecule has 0 bridgehead atoms. The van der Waals surface area contributed by atoms with Crippen LogP contribution in [0.4, 0.5) is 5.69 Å². The maximum Gasteiger partial charge on any atom is 0.271 e. The number of carbonyl (C=O) groups is 1. The summed E-state index contributed by atoms with van der Waals surface area (Å²) in [6, 6.07) is 15.4. The van der Waals surface area contributed by atoms with Gasteiger partial charge in [0.05, 0.1) is 6.21 Å². The third kappa shape index (κ3) is 3.58. The van der Waals surface area contributed by atoms with E-state index in [1.807, 2.05) is 24.3 Å². The minimum absolute atomic E-state index is 0.158. The van der Waals surface area contributed by atoms with Crippen LogP contribution in [0.25, 0.3) is 0 Å². The number of amides is 1. The van der Waals surface area contributed by atoms with Crippen molar-refractivity contribution in [3.63, 3.8) is 0 Å². The summed E-state index contributed by atoms with van der Waals surface area (Å²) in [4.78, 5) is 14.4. The Kier molecular flexibility index (Phi) is 4.62. The van der Waals surface area contributed by atoms with E-state index >= 15 is 0 Å². The lowest BCUT2D eigenvalue weighted by Gasteiger charge is -2.45. The Morgan fingerprint density at radius 1 is 1.24 bits per heavy atom. The van der Waals surface area contributed by atoms with Gasteiger partial charge in [0.25, 0.3) is 5.91 Å². The quantitative estimate of drug-likeness (QED) is 0.676. The predicted molar refractivity (Wildman–Crippen MR) is 103 cm³/mol. The van der Waals surface area contributed by atoms with Gasteiger partial charge in [-0.3, -0.25) is 4.79 Å². The third-order valence-corrected chi connectivity index (χ3v) is 5.07. The van der Waals surface area contributed by atoms with Crippen LogP contribution in [0, 0.1) is 0 Å². The Bertz CT molecular complexity index is 796. The highest BCUT2D eigenvalue weighted by atomic mass is 16.2. The molecular weight excluding hydrogens is 310 g/mol. The smallest absolute Gasteiger partial charge is 0.271 e. The highest BCUT2D eigenvalue weighted by Gasteiger charge is 2.33. The lowest BCUT2D eigenvalue weighted by molar-refractivity contribution is 0.0955. The molecule has 2 aromatic carbocycles. The van der Waals surface area contributed by atoms with Crippen molar-refractivity contribution in [1.82, 2.24) is 5.43 Å². The number of hydrazone groups is 1. The molecule has 1 amide bonds. The van der Waals surface area contributed by atoms with Crippen LogP contribution in [-0.2, 0) is 0 Å². The molecule has 0 saturated heterocycles. The first-order valence-corrected chi connectivity index (χ1v) is 8.65. The fourth-order valence-corrected chi connectivity index (χ4v) is 3.50. The maximum atomic E-state index is 12.0. The van der Waals surface area contributed by atoms with Crippen molar-refractivity contribution in [2.75, 3.05) is 11.9 Å². The van der Waals surface area contributed by atoms with Gasteiger partial charge in [0.15, 0.2) is 0 Å². The summed E-state index contributed by atoms with van der Waals surface area (Å²) in [6.45, 7) is 6.83. The van der Waals surface area contributed by atoms with Gasteiger partial charge in [-0.25, -0.2) is 5.43 Å². The number of benzene rings is 2. The van der Waals surface area contributed by atoms with E-state index in [9.17, 15) is 4.79 Å². The topological polar surface area (TPSA) is 44.7 Å². The van der Waals surface area contributed by atoms with Gasteiger partial charge in [0.1, 0.15) is 0 Å². The van der Waals surface area contributed by atoms with E-state index in [1.165, 1.54) is 11.3 Å². The number of nitrogens with zero attached hydrogens (tertiary/aromatic N) is 2. The molecule has 1 heterocycles. The Labute approximate surface area is 149 Å². The molecule has 0 fully saturated rings. The van der Waals surface area contributed by atoms with Gasteiger partial charge >= 0.3 is 0 Å². The molecule has 0 spiro atoms. The lowest BCUT2D eigenvalue weighted by atomic mass is 9.80. The van der Waals surface area contributed by atoms with Gasteiger partial charge in [-0.05, 0) is 61.6 Å². The predicted octanol–water partition coefficient (Wildman–Crippen LogP) is 4.17. The standard InChI is InChI=1S/C21H25N3O/c1-15-13-21(2,3)24(4)19-11-10-16(12-18(15)19)14-22-23-20(25)17-8-6-5-7-9-17/h5-12,14-15H,13H2,1-4H3,(H,23,25)/b22-14+. The molecule has 0 radical (unpaired) electrons. The van der Waals surface area contributed by atoms with Crippen LogP contribution in [0.3, 0.4) is 0 Å². The second-order valence-electron chi connectivity index (χ2n) is 7.36. The van der Waals surface area contributed by atoms with E-state index in [1.54, 1.807) is 18.3 Å². The van der Waals surface area contributed by atoms with E-state index in [4.69, 9.17) is 0 Å². The molecule has 1 unspecified atom stereocenters. The highest BCUT2D eigenvalue weighted by molar-refractivity contribution is 5.94. The van der Waals surface area contributed by atoms with E-state index in [2.05, 4.69) is 55.4 Å². The maximum absolute atomic E-state index is 12.0. The summed E-state index contributed by atoms with van der Waals surface area (Å²) in [5.41, 5.74) is 6.94. The molecular formula is C21H25N3O. The summed E-state index contributed by atoms with van der Waals surface area (Å²) in [5, 5.41) is 4.10. The first-order chi connectivity index (χ1) is 11.9. The molecule has 2 aromatic rings. The fourth-order valence-electron chi connectivity index (χ4n) is 3.50. The number of carbonyl (C=O) groups excluding carboxylic acids is 1. The van der Waals surface area contributed by atoms with Crippen LogP contribution in [0.15, 0.2) is 53.6 Å². The number of hydrogen-bond donors (Lipinski definition) is 1. The van der Waals surface area contributed by atoms with E-state index in [-0.39, 0.29) is 11.4 Å². The summed E-state index contributed by atoms with van der Waals surface area (Å²) < 4.78 is 0. The summed E-state index contributed by atoms with van der Waals surface area (Å²) in [6.07, 6.45) is 2.81. The molecule has 4 nitrogen and oxygen atoms in total. The van der Waals surface area contributed by atoms with E-state index < -0.39 is 0 Å². The van der Waals surface area contributed by atoms with Gasteiger partial charge in [-0.2, -0.15) is 5.10 Å². The minimum Gasteiger partial charge on any atom is -0.369 e. The molecule has 130 valence electrons. The monoisotopic (exact) mass is 335 g/mol. The zero-order chi connectivity index (χ0) is 18.0. The SMILES string of the molecule is CC1CC(C)(C)N(C)c2ccc(/C=N/NC(=O)c3ccccc3)cc21. The van der Waals surface area contributed by atoms with Crippen molar-refractivity contribution in [3.05, 3.63) is 65.2 Å². The number of hydrogen-bond acceptors (Lipinski definition) is 3. The third-order valence-electron chi connectivity index (χ3n) is 5.07.